The van der Waals surface area contributed by atoms with Gasteiger partial charge in [-0.15, -0.1) is 0 Å². The maximum atomic E-state index is 11.8. The lowest BCUT2D eigenvalue weighted by atomic mass is 9.98. The Balaban J connectivity index is 3.04. The number of hydrogen-bond acceptors (Lipinski definition) is 1. The number of hydrogen-bond donors (Lipinski definition) is 0. The van der Waals surface area contributed by atoms with Gasteiger partial charge in [0, 0.05) is 12.8 Å². The van der Waals surface area contributed by atoms with Gasteiger partial charge < -0.3 is 0 Å². The van der Waals surface area contributed by atoms with E-state index in [1.165, 1.54) is 6.42 Å². The molecule has 1 atom stereocenters. The van der Waals surface area contributed by atoms with Crippen LogP contribution in [0.5, 0.6) is 0 Å². The van der Waals surface area contributed by atoms with Gasteiger partial charge in [-0.05, 0) is 28.8 Å². The summed E-state index contributed by atoms with van der Waals surface area (Å²) in [6.07, 6.45) is 3.90. The molecule has 0 radical (unpaired) electrons. The van der Waals surface area contributed by atoms with Crippen molar-refractivity contribution in [3.8, 4) is 0 Å². The predicted octanol–water partition coefficient (Wildman–Crippen LogP) is 4.58. The number of Topliss-reactive ketones (excluding diaryl/α,β-unsaturated/α-hetero) is 1. The highest BCUT2D eigenvalue weighted by Crippen LogP contribution is 2.65. The lowest BCUT2D eigenvalue weighted by Gasteiger charge is -2.49. The molecule has 1 nitrogen and oxygen atoms in total. The van der Waals surface area contributed by atoms with E-state index in [0.29, 0.717) is 16.6 Å². The van der Waals surface area contributed by atoms with Gasteiger partial charge >= 0.3 is 0 Å². The average Bonchev–Trinajstić information content (AvgIpc) is 1.96. The van der Waals surface area contributed by atoms with Crippen molar-refractivity contribution in [2.45, 2.75) is 83.2 Å². The zero-order valence-corrected chi connectivity index (χ0v) is 12.7. The Morgan fingerprint density at radius 3 is 2.19 bits per heavy atom. The quantitative estimate of drug-likeness (QED) is 0.615. The molecule has 0 N–H and O–H groups in total. The molecule has 1 saturated heterocycles. The Morgan fingerprint density at radius 1 is 1.12 bits per heavy atom. The van der Waals surface area contributed by atoms with Crippen LogP contribution in [-0.4, -0.2) is 21.8 Å². The fourth-order valence-electron chi connectivity index (χ4n) is 3.71. The van der Waals surface area contributed by atoms with Gasteiger partial charge in [0.05, 0.1) is 0 Å². The highest BCUT2D eigenvalue weighted by Gasteiger charge is 2.43. The molecule has 1 fully saturated rings. The topological polar surface area (TPSA) is 17.1 Å². The van der Waals surface area contributed by atoms with Gasteiger partial charge in [-0.3, -0.25) is 4.79 Å². The molecule has 1 rings (SSSR count). The van der Waals surface area contributed by atoms with E-state index in [1.807, 2.05) is 0 Å². The summed E-state index contributed by atoms with van der Waals surface area (Å²) in [5, 5.41) is 0.637. The Labute approximate surface area is 102 Å². The molecular weight excluding hydrogens is 215 g/mol. The Hall–Kier alpha value is 0.100. The Kier molecular flexibility index (Phi) is 4.22. The second-order valence-corrected chi connectivity index (χ2v) is 10.9. The monoisotopic (exact) mass is 242 g/mol. The van der Waals surface area contributed by atoms with Crippen molar-refractivity contribution in [3.05, 3.63) is 0 Å². The molecule has 1 unspecified atom stereocenters. The first-order chi connectivity index (χ1) is 7.17. The Bertz CT molecular complexity index is 266. The Morgan fingerprint density at radius 2 is 1.69 bits per heavy atom. The minimum atomic E-state index is -0.108. The van der Waals surface area contributed by atoms with E-state index in [1.54, 1.807) is 0 Å². The second kappa shape index (κ2) is 4.77. The molecule has 0 aliphatic carbocycles. The van der Waals surface area contributed by atoms with E-state index in [9.17, 15) is 4.79 Å². The van der Waals surface area contributed by atoms with Crippen LogP contribution in [0.15, 0.2) is 0 Å². The normalized spacial score (nSPS) is 29.9. The van der Waals surface area contributed by atoms with Gasteiger partial charge in [0.2, 0.25) is 0 Å². The SMILES string of the molecule is CC(C)P1C(C)(C)CCCC(=O)CC1(C)C. The van der Waals surface area contributed by atoms with E-state index in [4.69, 9.17) is 0 Å². The van der Waals surface area contributed by atoms with Crippen molar-refractivity contribution in [3.63, 3.8) is 0 Å². The number of carbonyl (C=O) groups excluding carboxylic acids is 1. The van der Waals surface area contributed by atoms with Gasteiger partial charge in [-0.25, -0.2) is 0 Å². The summed E-state index contributed by atoms with van der Waals surface area (Å²) >= 11 is 0. The fraction of sp³-hybridized carbons (Fsp3) is 0.929. The molecule has 0 bridgehead atoms. The summed E-state index contributed by atoms with van der Waals surface area (Å²) < 4.78 is 0. The third-order valence-corrected chi connectivity index (χ3v) is 7.72. The zero-order chi connectivity index (χ0) is 12.6. The molecule has 0 saturated carbocycles. The van der Waals surface area contributed by atoms with Gasteiger partial charge in [-0.2, -0.15) is 0 Å². The maximum Gasteiger partial charge on any atom is 0.133 e. The van der Waals surface area contributed by atoms with Crippen molar-refractivity contribution in [1.82, 2.24) is 0 Å². The summed E-state index contributed by atoms with van der Waals surface area (Å²) in [6, 6.07) is 0. The molecular formula is C14H27OP. The van der Waals surface area contributed by atoms with Gasteiger partial charge in [-0.1, -0.05) is 49.5 Å². The smallest absolute Gasteiger partial charge is 0.133 e. The molecule has 16 heavy (non-hydrogen) atoms. The van der Waals surface area contributed by atoms with Crippen LogP contribution < -0.4 is 0 Å². The van der Waals surface area contributed by atoms with Gasteiger partial charge in [0.1, 0.15) is 5.78 Å². The minimum Gasteiger partial charge on any atom is -0.300 e. The summed E-state index contributed by atoms with van der Waals surface area (Å²) in [7, 11) is -0.108. The fourth-order valence-corrected chi connectivity index (χ4v) is 8.89. The van der Waals surface area contributed by atoms with Crippen LogP contribution in [0.2, 0.25) is 0 Å². The predicted molar refractivity (Wildman–Crippen MR) is 73.7 cm³/mol. The highest BCUT2D eigenvalue weighted by molar-refractivity contribution is 7.61. The lowest BCUT2D eigenvalue weighted by molar-refractivity contribution is -0.119. The molecule has 0 aromatic heterocycles. The van der Waals surface area contributed by atoms with Crippen molar-refractivity contribution in [1.29, 1.82) is 0 Å². The second-order valence-electron chi connectivity index (χ2n) is 6.66. The number of rotatable bonds is 1. The summed E-state index contributed by atoms with van der Waals surface area (Å²) in [6.45, 7) is 14.1. The molecule has 0 spiro atoms. The summed E-state index contributed by atoms with van der Waals surface area (Å²) in [5.74, 6) is 0.480. The average molecular weight is 242 g/mol. The van der Waals surface area contributed by atoms with E-state index in [0.717, 1.165) is 19.3 Å². The molecule has 0 aromatic carbocycles. The van der Waals surface area contributed by atoms with Crippen LogP contribution in [-0.2, 0) is 4.79 Å². The molecule has 0 aromatic rings. The third-order valence-electron chi connectivity index (χ3n) is 3.69. The van der Waals surface area contributed by atoms with Crippen LogP contribution in [0.1, 0.15) is 67.2 Å². The highest BCUT2D eigenvalue weighted by atomic mass is 31.1. The van der Waals surface area contributed by atoms with E-state index >= 15 is 0 Å². The molecule has 1 aliphatic heterocycles. The largest absolute Gasteiger partial charge is 0.300 e. The minimum absolute atomic E-state index is 0.108. The molecule has 1 aliphatic rings. The van der Waals surface area contributed by atoms with Gasteiger partial charge in [0.15, 0.2) is 0 Å². The molecule has 1 heterocycles. The van der Waals surface area contributed by atoms with Crippen LogP contribution in [0, 0.1) is 0 Å². The molecule has 0 amide bonds. The zero-order valence-electron chi connectivity index (χ0n) is 11.8. The van der Waals surface area contributed by atoms with Crippen LogP contribution in [0.25, 0.3) is 0 Å². The maximum absolute atomic E-state index is 11.8. The lowest BCUT2D eigenvalue weighted by Crippen LogP contribution is -2.37. The number of carbonyl (C=O) groups is 1. The van der Waals surface area contributed by atoms with Crippen molar-refractivity contribution < 1.29 is 4.79 Å². The summed E-state index contributed by atoms with van der Waals surface area (Å²) in [5.41, 5.74) is 0.714. The van der Waals surface area contributed by atoms with Crippen molar-refractivity contribution >= 4 is 13.7 Å². The van der Waals surface area contributed by atoms with Crippen molar-refractivity contribution in [2.75, 3.05) is 0 Å². The van der Waals surface area contributed by atoms with E-state index in [2.05, 4.69) is 41.5 Å². The standard InChI is InChI=1S/C14H27OP/c1-11(2)16-13(3,4)9-7-8-12(15)10-14(16,5)6/h11H,7-10H2,1-6H3. The van der Waals surface area contributed by atoms with Crippen LogP contribution in [0.3, 0.4) is 0 Å². The first-order valence-corrected chi connectivity index (χ1v) is 7.89. The summed E-state index contributed by atoms with van der Waals surface area (Å²) in [4.78, 5) is 11.8. The third kappa shape index (κ3) is 3.06. The van der Waals surface area contributed by atoms with E-state index in [-0.39, 0.29) is 13.1 Å². The number of ketones is 1. The van der Waals surface area contributed by atoms with Crippen LogP contribution in [0.4, 0.5) is 0 Å². The van der Waals surface area contributed by atoms with Crippen molar-refractivity contribution in [2.24, 2.45) is 0 Å². The molecule has 94 valence electrons. The molecule has 2 heteroatoms. The van der Waals surface area contributed by atoms with Crippen LogP contribution >= 0.6 is 7.92 Å². The first kappa shape index (κ1) is 14.2. The van der Waals surface area contributed by atoms with E-state index < -0.39 is 0 Å². The first-order valence-electron chi connectivity index (χ1n) is 6.48. The van der Waals surface area contributed by atoms with Gasteiger partial charge in [0.25, 0.3) is 0 Å².